The van der Waals surface area contributed by atoms with Gasteiger partial charge in [-0.2, -0.15) is 5.48 Å². The predicted molar refractivity (Wildman–Crippen MR) is 100 cm³/mol. The van der Waals surface area contributed by atoms with Crippen molar-refractivity contribution in [3.63, 3.8) is 0 Å². The van der Waals surface area contributed by atoms with Crippen molar-refractivity contribution in [1.29, 1.82) is 0 Å². The Kier molecular flexibility index (Phi) is 9.75. The molecule has 1 heterocycles. The van der Waals surface area contributed by atoms with E-state index in [2.05, 4.69) is 20.5 Å². The van der Waals surface area contributed by atoms with Crippen LogP contribution in [0.1, 0.15) is 38.5 Å². The molecule has 29 heavy (non-hydrogen) atoms. The van der Waals surface area contributed by atoms with Crippen molar-refractivity contribution in [3.8, 4) is 0 Å². The van der Waals surface area contributed by atoms with E-state index in [0.717, 1.165) is 0 Å². The first-order valence-electron chi connectivity index (χ1n) is 8.75. The van der Waals surface area contributed by atoms with E-state index in [1.165, 1.54) is 17.7 Å². The van der Waals surface area contributed by atoms with Crippen LogP contribution in [0.15, 0.2) is 20.9 Å². The minimum Gasteiger partial charge on any atom is -0.481 e. The van der Waals surface area contributed by atoms with Gasteiger partial charge in [-0.1, -0.05) is 12.0 Å². The van der Waals surface area contributed by atoms with Crippen molar-refractivity contribution in [3.05, 3.63) is 43.0 Å². The van der Waals surface area contributed by atoms with Crippen LogP contribution in [0.25, 0.3) is 10.4 Å². The van der Waals surface area contributed by atoms with Gasteiger partial charge in [0.2, 0.25) is 0 Å². The molecule has 1 aromatic rings. The summed E-state index contributed by atoms with van der Waals surface area (Å²) in [4.78, 5) is 55.2. The SMILES string of the molecule is Cc1cn(C(C)O[C@H](CON[C@H](C=O)CCC(=O)O)[C@@H](C)N=[N+]=[N-])c(=O)[nH]c1=O. The number of carbonyl (C=O) groups excluding carboxylic acids is 1. The molecule has 0 aliphatic carbocycles. The Labute approximate surface area is 165 Å². The maximum Gasteiger partial charge on any atom is 0.330 e. The molecule has 0 fully saturated rings. The highest BCUT2D eigenvalue weighted by Crippen LogP contribution is 2.14. The molecule has 0 spiro atoms. The zero-order valence-corrected chi connectivity index (χ0v) is 16.3. The average molecular weight is 412 g/mol. The Morgan fingerprint density at radius 3 is 2.76 bits per heavy atom. The van der Waals surface area contributed by atoms with E-state index < -0.39 is 41.6 Å². The largest absolute Gasteiger partial charge is 0.481 e. The van der Waals surface area contributed by atoms with Crippen molar-refractivity contribution < 1.29 is 24.3 Å². The normalized spacial score (nSPS) is 15.0. The van der Waals surface area contributed by atoms with Gasteiger partial charge in [0.05, 0.1) is 24.8 Å². The van der Waals surface area contributed by atoms with Gasteiger partial charge in [-0.25, -0.2) is 4.79 Å². The van der Waals surface area contributed by atoms with Crippen molar-refractivity contribution in [2.24, 2.45) is 5.11 Å². The van der Waals surface area contributed by atoms with E-state index in [0.29, 0.717) is 11.8 Å². The summed E-state index contributed by atoms with van der Waals surface area (Å²) in [6.45, 7) is 4.50. The molecule has 1 rings (SSSR count). The quantitative estimate of drug-likeness (QED) is 0.136. The number of carboxylic acids is 1. The number of aryl methyl sites for hydroxylation is 1. The second-order valence-electron chi connectivity index (χ2n) is 6.30. The predicted octanol–water partition coefficient (Wildman–Crippen LogP) is 0.401. The minimum absolute atomic E-state index is 0.0265. The Bertz CT molecular complexity index is 860. The zero-order chi connectivity index (χ0) is 22.0. The van der Waals surface area contributed by atoms with E-state index in [4.69, 9.17) is 20.2 Å². The maximum atomic E-state index is 12.0. The summed E-state index contributed by atoms with van der Waals surface area (Å²) >= 11 is 0. The lowest BCUT2D eigenvalue weighted by Gasteiger charge is -2.26. The number of H-pyrrole nitrogens is 1. The maximum absolute atomic E-state index is 12.0. The smallest absolute Gasteiger partial charge is 0.330 e. The first-order valence-corrected chi connectivity index (χ1v) is 8.75. The van der Waals surface area contributed by atoms with Crippen molar-refractivity contribution in [2.45, 2.75) is 58.0 Å². The first kappa shape index (κ1) is 24.0. The third kappa shape index (κ3) is 7.87. The minimum atomic E-state index is -1.05. The lowest BCUT2D eigenvalue weighted by atomic mass is 10.2. The summed E-state index contributed by atoms with van der Waals surface area (Å²) in [5.74, 6) is -1.05. The van der Waals surface area contributed by atoms with Crippen LogP contribution in [0.4, 0.5) is 0 Å². The van der Waals surface area contributed by atoms with Gasteiger partial charge in [0, 0.05) is 23.1 Å². The van der Waals surface area contributed by atoms with Crippen LogP contribution in [0, 0.1) is 6.92 Å². The van der Waals surface area contributed by atoms with Crippen LogP contribution in [0.3, 0.4) is 0 Å². The number of aromatic amines is 1. The lowest BCUT2D eigenvalue weighted by molar-refractivity contribution is -0.138. The van der Waals surface area contributed by atoms with Crippen molar-refractivity contribution in [2.75, 3.05) is 6.61 Å². The Morgan fingerprint density at radius 2 is 2.17 bits per heavy atom. The highest BCUT2D eigenvalue weighted by molar-refractivity contribution is 5.68. The van der Waals surface area contributed by atoms with E-state index in [1.54, 1.807) is 13.8 Å². The number of hydrogen-bond acceptors (Lipinski definition) is 8. The second-order valence-corrected chi connectivity index (χ2v) is 6.30. The molecule has 1 unspecified atom stereocenters. The third-order valence-electron chi connectivity index (χ3n) is 4.00. The number of aliphatic carboxylic acids is 1. The fourth-order valence-electron chi connectivity index (χ4n) is 2.29. The number of carbonyl (C=O) groups is 2. The fraction of sp³-hybridized carbons (Fsp3) is 0.625. The molecule has 0 aliphatic rings. The van der Waals surface area contributed by atoms with Crippen molar-refractivity contribution in [1.82, 2.24) is 15.0 Å². The van der Waals surface area contributed by atoms with Crippen LogP contribution in [-0.4, -0.2) is 51.7 Å². The first-order chi connectivity index (χ1) is 13.7. The Balaban J connectivity index is 2.83. The van der Waals surface area contributed by atoms with Gasteiger partial charge in [0.15, 0.2) is 0 Å². The number of hydrogen-bond donors (Lipinski definition) is 3. The number of hydroxylamine groups is 1. The molecule has 3 N–H and O–H groups in total. The molecule has 0 amide bonds. The lowest BCUT2D eigenvalue weighted by Crippen LogP contribution is -2.40. The number of azide groups is 1. The van der Waals surface area contributed by atoms with Crippen LogP contribution in [0.2, 0.25) is 0 Å². The number of carboxylic acid groups (broad SMARTS) is 1. The Hall–Kier alpha value is -2.99. The van der Waals surface area contributed by atoms with Gasteiger partial charge in [-0.15, -0.1) is 0 Å². The number of aldehydes is 1. The molecule has 13 nitrogen and oxygen atoms in total. The van der Waals surface area contributed by atoms with E-state index in [9.17, 15) is 19.2 Å². The Morgan fingerprint density at radius 1 is 1.48 bits per heavy atom. The average Bonchev–Trinajstić information content (AvgIpc) is 2.66. The number of aromatic nitrogens is 2. The van der Waals surface area contributed by atoms with Gasteiger partial charge in [0.25, 0.3) is 5.56 Å². The number of nitrogens with zero attached hydrogens (tertiary/aromatic N) is 4. The number of rotatable bonds is 13. The number of nitrogens with one attached hydrogen (secondary N) is 2. The molecule has 1 aromatic heterocycles. The molecule has 4 atom stereocenters. The summed E-state index contributed by atoms with van der Waals surface area (Å²) in [6.07, 6.45) is 0.00493. The molecular weight excluding hydrogens is 388 g/mol. The van der Waals surface area contributed by atoms with Gasteiger partial charge in [0.1, 0.15) is 12.5 Å². The van der Waals surface area contributed by atoms with Gasteiger partial charge >= 0.3 is 11.7 Å². The summed E-state index contributed by atoms with van der Waals surface area (Å²) in [7, 11) is 0. The van der Waals surface area contributed by atoms with E-state index >= 15 is 0 Å². The summed E-state index contributed by atoms with van der Waals surface area (Å²) < 4.78 is 6.94. The molecule has 0 bridgehead atoms. The summed E-state index contributed by atoms with van der Waals surface area (Å²) in [5.41, 5.74) is 10.2. The van der Waals surface area contributed by atoms with Gasteiger partial charge in [-0.05, 0) is 25.8 Å². The fourth-order valence-corrected chi connectivity index (χ4v) is 2.29. The number of ether oxygens (including phenoxy) is 1. The van der Waals surface area contributed by atoms with Crippen LogP contribution in [-0.2, 0) is 19.2 Å². The standard InChI is InChI=1S/C16H24N6O7/c1-9-6-22(16(27)18-15(9)26)11(3)29-13(10(2)19-21-17)8-28-20-12(7-23)4-5-14(24)25/h6-7,10-13,20H,4-5,8H2,1-3H3,(H,24,25)(H,18,26,27)/t10-,11?,12+,13-/m1/s1. The van der Waals surface area contributed by atoms with E-state index in [1.807, 2.05) is 0 Å². The zero-order valence-electron chi connectivity index (χ0n) is 16.3. The molecule has 0 aliphatic heterocycles. The van der Waals surface area contributed by atoms with Crippen molar-refractivity contribution >= 4 is 12.3 Å². The molecule has 0 saturated carbocycles. The molecule has 0 aromatic carbocycles. The topological polar surface area (TPSA) is 188 Å². The van der Waals surface area contributed by atoms with Gasteiger partial charge in [-0.3, -0.25) is 24.0 Å². The summed E-state index contributed by atoms with van der Waals surface area (Å²) in [5, 5.41) is 12.2. The van der Waals surface area contributed by atoms with Crippen LogP contribution >= 0.6 is 0 Å². The monoisotopic (exact) mass is 412 g/mol. The van der Waals surface area contributed by atoms with Crippen LogP contribution in [0.5, 0.6) is 0 Å². The molecule has 160 valence electrons. The highest BCUT2D eigenvalue weighted by Gasteiger charge is 2.23. The molecule has 0 saturated heterocycles. The highest BCUT2D eigenvalue weighted by atomic mass is 16.7. The second kappa shape index (κ2) is 11.8. The van der Waals surface area contributed by atoms with Crippen LogP contribution < -0.4 is 16.7 Å². The molecule has 13 heteroatoms. The molecule has 0 radical (unpaired) electrons. The van der Waals surface area contributed by atoms with E-state index in [-0.39, 0.29) is 19.4 Å². The third-order valence-corrected chi connectivity index (χ3v) is 4.00. The van der Waals surface area contributed by atoms with Gasteiger partial charge < -0.3 is 14.6 Å². The molecular formula is C16H24N6O7. The summed E-state index contributed by atoms with van der Waals surface area (Å²) in [6, 6.07) is -1.54.